The van der Waals surface area contributed by atoms with Crippen molar-refractivity contribution in [3.8, 4) is 10.6 Å². The molecular formula is C26H27Cl2N7OS. The first-order valence-electron chi connectivity index (χ1n) is 12.5. The number of aromatic nitrogens is 3. The van der Waals surface area contributed by atoms with Crippen molar-refractivity contribution in [2.45, 2.75) is 18.9 Å². The van der Waals surface area contributed by atoms with Crippen LogP contribution in [0.5, 0.6) is 0 Å². The Morgan fingerprint density at radius 2 is 1.81 bits per heavy atom. The van der Waals surface area contributed by atoms with Crippen molar-refractivity contribution in [3.05, 3.63) is 62.9 Å². The Labute approximate surface area is 228 Å². The summed E-state index contributed by atoms with van der Waals surface area (Å²) in [6.07, 6.45) is 2.11. The predicted molar refractivity (Wildman–Crippen MR) is 154 cm³/mol. The molecule has 0 spiro atoms. The summed E-state index contributed by atoms with van der Waals surface area (Å²) in [6.45, 7) is 4.83. The molecule has 2 saturated heterocycles. The van der Waals surface area contributed by atoms with E-state index < -0.39 is 0 Å². The highest BCUT2D eigenvalue weighted by molar-refractivity contribution is 7.21. The van der Waals surface area contributed by atoms with Gasteiger partial charge in [-0.3, -0.25) is 9.78 Å². The molecule has 3 N–H and O–H groups in total. The zero-order valence-electron chi connectivity index (χ0n) is 20.1. The van der Waals surface area contributed by atoms with Crippen LogP contribution in [0.2, 0.25) is 10.0 Å². The molecule has 11 heteroatoms. The number of halogens is 2. The summed E-state index contributed by atoms with van der Waals surface area (Å²) in [5, 5.41) is 8.77. The van der Waals surface area contributed by atoms with Gasteiger partial charge in [0.2, 0.25) is 5.95 Å². The zero-order chi connectivity index (χ0) is 25.4. The van der Waals surface area contributed by atoms with Gasteiger partial charge in [-0.25, -0.2) is 4.98 Å². The van der Waals surface area contributed by atoms with Gasteiger partial charge in [0.1, 0.15) is 16.4 Å². The summed E-state index contributed by atoms with van der Waals surface area (Å²) in [5.41, 5.74) is 2.25. The minimum absolute atomic E-state index is 0.178. The lowest BCUT2D eigenvalue weighted by Crippen LogP contribution is -2.47. The molecule has 0 amide bonds. The SMILES string of the molecule is O=c1[nH]c(N2CCN(c3ccc(Cl)c(Cl)c3)CC2)nc(NC2CCCNC2)c1-c1nc2ccccc2s1. The van der Waals surface area contributed by atoms with Gasteiger partial charge in [0.25, 0.3) is 5.56 Å². The van der Waals surface area contributed by atoms with E-state index >= 15 is 0 Å². The fraction of sp³-hybridized carbons (Fsp3) is 0.346. The quantitative estimate of drug-likeness (QED) is 0.324. The van der Waals surface area contributed by atoms with Crippen LogP contribution < -0.4 is 26.0 Å². The van der Waals surface area contributed by atoms with E-state index in [1.807, 2.05) is 42.5 Å². The molecule has 1 unspecified atom stereocenters. The molecule has 37 heavy (non-hydrogen) atoms. The second kappa shape index (κ2) is 10.5. The number of thiazole rings is 1. The predicted octanol–water partition coefficient (Wildman–Crippen LogP) is 4.84. The molecule has 2 fully saturated rings. The Morgan fingerprint density at radius 3 is 2.57 bits per heavy atom. The van der Waals surface area contributed by atoms with Crippen molar-refractivity contribution in [2.75, 3.05) is 54.4 Å². The van der Waals surface area contributed by atoms with Gasteiger partial charge in [0.15, 0.2) is 0 Å². The summed E-state index contributed by atoms with van der Waals surface area (Å²) in [7, 11) is 0. The number of H-pyrrole nitrogens is 1. The number of benzene rings is 2. The first-order chi connectivity index (χ1) is 18.0. The number of nitrogens with zero attached hydrogens (tertiary/aromatic N) is 4. The number of para-hydroxylation sites is 1. The highest BCUT2D eigenvalue weighted by Gasteiger charge is 2.25. The van der Waals surface area contributed by atoms with E-state index in [1.165, 1.54) is 11.3 Å². The molecule has 8 nitrogen and oxygen atoms in total. The Balaban J connectivity index is 1.30. The highest BCUT2D eigenvalue weighted by atomic mass is 35.5. The molecular weight excluding hydrogens is 529 g/mol. The molecule has 2 aromatic carbocycles. The van der Waals surface area contributed by atoms with E-state index in [0.29, 0.717) is 45.5 Å². The summed E-state index contributed by atoms with van der Waals surface area (Å²) in [5.74, 6) is 1.17. The van der Waals surface area contributed by atoms with E-state index in [1.54, 1.807) is 0 Å². The largest absolute Gasteiger partial charge is 0.368 e. The second-order valence-electron chi connectivity index (χ2n) is 9.36. The fourth-order valence-corrected chi connectivity index (χ4v) is 6.22. The molecule has 0 radical (unpaired) electrons. The summed E-state index contributed by atoms with van der Waals surface area (Å²) in [4.78, 5) is 30.7. The molecule has 2 aliphatic heterocycles. The van der Waals surface area contributed by atoms with Gasteiger partial charge in [-0.1, -0.05) is 35.3 Å². The first kappa shape index (κ1) is 24.5. The van der Waals surface area contributed by atoms with E-state index in [9.17, 15) is 4.79 Å². The highest BCUT2D eigenvalue weighted by Crippen LogP contribution is 2.33. The van der Waals surface area contributed by atoms with Crippen LogP contribution in [0.1, 0.15) is 12.8 Å². The van der Waals surface area contributed by atoms with Gasteiger partial charge >= 0.3 is 0 Å². The molecule has 2 aromatic heterocycles. The van der Waals surface area contributed by atoms with E-state index in [2.05, 4.69) is 25.4 Å². The van der Waals surface area contributed by atoms with Crippen LogP contribution in [-0.4, -0.2) is 60.3 Å². The Hall–Kier alpha value is -2.85. The molecule has 2 aliphatic rings. The summed E-state index contributed by atoms with van der Waals surface area (Å²) < 4.78 is 1.05. The molecule has 1 atom stereocenters. The van der Waals surface area contributed by atoms with Gasteiger partial charge in [-0.05, 0) is 49.7 Å². The Kier molecular flexibility index (Phi) is 6.94. The van der Waals surface area contributed by atoms with Gasteiger partial charge in [0.05, 0.1) is 20.3 Å². The maximum absolute atomic E-state index is 13.5. The maximum Gasteiger partial charge on any atom is 0.264 e. The van der Waals surface area contributed by atoms with Crippen molar-refractivity contribution in [1.29, 1.82) is 0 Å². The van der Waals surface area contributed by atoms with Gasteiger partial charge in [0, 0.05) is 44.5 Å². The van der Waals surface area contributed by atoms with Crippen LogP contribution in [0, 0.1) is 0 Å². The van der Waals surface area contributed by atoms with Crippen molar-refractivity contribution in [1.82, 2.24) is 20.3 Å². The van der Waals surface area contributed by atoms with E-state index in [4.69, 9.17) is 33.2 Å². The van der Waals surface area contributed by atoms with Gasteiger partial charge in [-0.15, -0.1) is 11.3 Å². The van der Waals surface area contributed by atoms with Crippen LogP contribution in [-0.2, 0) is 0 Å². The minimum Gasteiger partial charge on any atom is -0.368 e. The lowest BCUT2D eigenvalue weighted by molar-refractivity contribution is 0.479. The van der Waals surface area contributed by atoms with Crippen molar-refractivity contribution < 1.29 is 0 Å². The minimum atomic E-state index is -0.178. The van der Waals surface area contributed by atoms with Crippen LogP contribution in [0.25, 0.3) is 20.8 Å². The average molecular weight is 557 g/mol. The normalized spacial score (nSPS) is 18.4. The number of rotatable bonds is 5. The average Bonchev–Trinajstić information content (AvgIpc) is 3.34. The summed E-state index contributed by atoms with van der Waals surface area (Å²) >= 11 is 13.8. The Morgan fingerprint density at radius 1 is 1.00 bits per heavy atom. The summed E-state index contributed by atoms with van der Waals surface area (Å²) in [6, 6.07) is 13.8. The third-order valence-corrected chi connectivity index (χ3v) is 8.69. The number of anilines is 3. The third-order valence-electron chi connectivity index (χ3n) is 6.90. The van der Waals surface area contributed by atoms with Crippen LogP contribution in [0.15, 0.2) is 47.3 Å². The number of piperazine rings is 1. The number of nitrogens with one attached hydrogen (secondary N) is 3. The third kappa shape index (κ3) is 5.13. The Bertz CT molecular complexity index is 1440. The van der Waals surface area contributed by atoms with Crippen molar-refractivity contribution in [2.24, 2.45) is 0 Å². The lowest BCUT2D eigenvalue weighted by Gasteiger charge is -2.36. The van der Waals surface area contributed by atoms with Gasteiger partial charge < -0.3 is 20.4 Å². The molecule has 192 valence electrons. The number of fused-ring (bicyclic) bond motifs is 1. The molecule has 0 saturated carbocycles. The standard InChI is InChI=1S/C26H27Cl2N7OS/c27-18-8-7-17(14-19(18)28)34-10-12-35(13-11-34)26-32-23(30-16-4-3-9-29-15-16)22(24(36)33-26)25-31-20-5-1-2-6-21(20)37-25/h1-2,5-8,14,16,29H,3-4,9-13,15H2,(H2,30,32,33,36). The molecule has 0 aliphatic carbocycles. The zero-order valence-corrected chi connectivity index (χ0v) is 22.5. The molecule has 6 rings (SSSR count). The second-order valence-corrected chi connectivity index (χ2v) is 11.2. The molecule has 4 heterocycles. The number of hydrogen-bond acceptors (Lipinski definition) is 8. The number of aromatic amines is 1. The molecule has 0 bridgehead atoms. The van der Waals surface area contributed by atoms with Crippen molar-refractivity contribution >= 4 is 62.2 Å². The fourth-order valence-electron chi connectivity index (χ4n) is 4.92. The lowest BCUT2D eigenvalue weighted by atomic mass is 10.1. The maximum atomic E-state index is 13.5. The monoisotopic (exact) mass is 555 g/mol. The first-order valence-corrected chi connectivity index (χ1v) is 14.0. The van der Waals surface area contributed by atoms with E-state index in [0.717, 1.165) is 54.9 Å². The smallest absolute Gasteiger partial charge is 0.264 e. The van der Waals surface area contributed by atoms with Crippen LogP contribution in [0.3, 0.4) is 0 Å². The van der Waals surface area contributed by atoms with Crippen LogP contribution >= 0.6 is 34.5 Å². The van der Waals surface area contributed by atoms with Crippen LogP contribution in [0.4, 0.5) is 17.5 Å². The van der Waals surface area contributed by atoms with Gasteiger partial charge in [-0.2, -0.15) is 4.98 Å². The van der Waals surface area contributed by atoms with E-state index in [-0.39, 0.29) is 11.6 Å². The molecule has 4 aromatic rings. The number of piperidine rings is 1. The number of hydrogen-bond donors (Lipinski definition) is 3. The van der Waals surface area contributed by atoms with Crippen molar-refractivity contribution in [3.63, 3.8) is 0 Å². The topological polar surface area (TPSA) is 89.2 Å².